The van der Waals surface area contributed by atoms with Gasteiger partial charge in [0.1, 0.15) is 0 Å². The smallest absolute Gasteiger partial charge is 0.0423 e. The minimum absolute atomic E-state index is 0.782. The summed E-state index contributed by atoms with van der Waals surface area (Å²) in [5, 5.41) is 3.66. The van der Waals surface area contributed by atoms with Crippen LogP contribution in [-0.4, -0.2) is 19.1 Å². The lowest BCUT2D eigenvalue weighted by molar-refractivity contribution is 0.494. The van der Waals surface area contributed by atoms with Crippen LogP contribution in [0, 0.1) is 11.8 Å². The molecule has 0 amide bonds. The van der Waals surface area contributed by atoms with E-state index >= 15 is 0 Å². The van der Waals surface area contributed by atoms with E-state index in [1.165, 1.54) is 60.9 Å². The van der Waals surface area contributed by atoms with Gasteiger partial charge in [0, 0.05) is 35.8 Å². The summed E-state index contributed by atoms with van der Waals surface area (Å²) in [4.78, 5) is 2.64. The summed E-state index contributed by atoms with van der Waals surface area (Å²) in [5.41, 5.74) is 2.93. The molecule has 1 aromatic rings. The molecule has 0 bridgehead atoms. The summed E-state index contributed by atoms with van der Waals surface area (Å²) >= 11 is 3.65. The lowest BCUT2D eigenvalue weighted by Gasteiger charge is -2.23. The molecule has 0 radical (unpaired) electrons. The minimum atomic E-state index is 0.782. The van der Waals surface area contributed by atoms with Crippen molar-refractivity contribution in [2.45, 2.75) is 44.7 Å². The third-order valence-electron chi connectivity index (χ3n) is 5.27. The first-order chi connectivity index (χ1) is 9.79. The van der Waals surface area contributed by atoms with E-state index in [4.69, 9.17) is 0 Å². The van der Waals surface area contributed by atoms with Gasteiger partial charge in [-0.25, -0.2) is 0 Å². The molecule has 2 saturated carbocycles. The maximum Gasteiger partial charge on any atom is 0.0423 e. The Kier molecular flexibility index (Phi) is 3.51. The number of hydrogen-bond donors (Lipinski definition) is 1. The molecule has 108 valence electrons. The fourth-order valence-corrected chi connectivity index (χ4v) is 4.30. The van der Waals surface area contributed by atoms with Crippen LogP contribution in [-0.2, 0) is 6.54 Å². The molecule has 1 heterocycles. The van der Waals surface area contributed by atoms with E-state index in [0.29, 0.717) is 0 Å². The number of halogens is 1. The number of fused-ring (bicyclic) bond motifs is 1. The highest BCUT2D eigenvalue weighted by Gasteiger charge is 2.36. The molecule has 20 heavy (non-hydrogen) atoms. The Balaban J connectivity index is 1.54. The maximum atomic E-state index is 3.66. The Morgan fingerprint density at radius 1 is 1.10 bits per heavy atom. The second kappa shape index (κ2) is 5.34. The number of benzene rings is 1. The quantitative estimate of drug-likeness (QED) is 0.897. The fraction of sp³-hybridized carbons (Fsp3) is 0.647. The van der Waals surface area contributed by atoms with Gasteiger partial charge in [-0.3, -0.25) is 0 Å². The van der Waals surface area contributed by atoms with Crippen molar-refractivity contribution < 1.29 is 0 Å². The van der Waals surface area contributed by atoms with Crippen molar-refractivity contribution in [3.63, 3.8) is 0 Å². The first-order valence-corrected chi connectivity index (χ1v) is 8.85. The summed E-state index contributed by atoms with van der Waals surface area (Å²) in [5.74, 6) is 1.91. The van der Waals surface area contributed by atoms with Gasteiger partial charge in [-0.15, -0.1) is 0 Å². The van der Waals surface area contributed by atoms with E-state index < -0.39 is 0 Å². The van der Waals surface area contributed by atoms with E-state index in [-0.39, 0.29) is 0 Å². The molecule has 2 atom stereocenters. The van der Waals surface area contributed by atoms with Gasteiger partial charge in [0.05, 0.1) is 0 Å². The SMILES string of the molecule is Brc1ccc(CNC2CC2)c(N2CC3CCCC3C2)c1. The second-order valence-corrected chi connectivity index (χ2v) is 7.70. The Morgan fingerprint density at radius 2 is 1.85 bits per heavy atom. The molecule has 2 aliphatic carbocycles. The van der Waals surface area contributed by atoms with E-state index in [1.807, 2.05) is 0 Å². The molecule has 1 aromatic carbocycles. The third-order valence-corrected chi connectivity index (χ3v) is 5.77. The van der Waals surface area contributed by atoms with Crippen molar-refractivity contribution in [1.82, 2.24) is 5.32 Å². The van der Waals surface area contributed by atoms with Crippen LogP contribution in [0.1, 0.15) is 37.7 Å². The van der Waals surface area contributed by atoms with Crippen molar-refractivity contribution in [3.8, 4) is 0 Å². The summed E-state index contributed by atoms with van der Waals surface area (Å²) in [6.45, 7) is 3.58. The van der Waals surface area contributed by atoms with E-state index in [9.17, 15) is 0 Å². The molecule has 0 spiro atoms. The van der Waals surface area contributed by atoms with Crippen molar-refractivity contribution in [2.75, 3.05) is 18.0 Å². The van der Waals surface area contributed by atoms with Crippen molar-refractivity contribution in [3.05, 3.63) is 28.2 Å². The minimum Gasteiger partial charge on any atom is -0.371 e. The molecule has 1 saturated heterocycles. The Bertz CT molecular complexity index is 486. The highest BCUT2D eigenvalue weighted by molar-refractivity contribution is 9.10. The van der Waals surface area contributed by atoms with E-state index in [2.05, 4.69) is 44.3 Å². The fourth-order valence-electron chi connectivity index (χ4n) is 3.95. The van der Waals surface area contributed by atoms with Crippen LogP contribution in [0.5, 0.6) is 0 Å². The van der Waals surface area contributed by atoms with Crippen LogP contribution < -0.4 is 10.2 Å². The molecule has 3 aliphatic rings. The second-order valence-electron chi connectivity index (χ2n) is 6.78. The van der Waals surface area contributed by atoms with Gasteiger partial charge in [-0.2, -0.15) is 0 Å². The average molecular weight is 335 g/mol. The third kappa shape index (κ3) is 2.62. The Hall–Kier alpha value is -0.540. The summed E-state index contributed by atoms with van der Waals surface area (Å²) < 4.78 is 1.21. The largest absolute Gasteiger partial charge is 0.371 e. The van der Waals surface area contributed by atoms with Crippen molar-refractivity contribution >= 4 is 21.6 Å². The van der Waals surface area contributed by atoms with Crippen LogP contribution >= 0.6 is 15.9 Å². The summed E-state index contributed by atoms with van der Waals surface area (Å²) in [6.07, 6.45) is 7.08. The maximum absolute atomic E-state index is 3.66. The molecule has 4 rings (SSSR count). The lowest BCUT2D eigenvalue weighted by Crippen LogP contribution is -2.24. The van der Waals surface area contributed by atoms with Gasteiger partial charge in [0.15, 0.2) is 0 Å². The molecule has 1 aliphatic heterocycles. The van der Waals surface area contributed by atoms with Gasteiger partial charge < -0.3 is 10.2 Å². The molecular formula is C17H23BrN2. The normalized spacial score (nSPS) is 28.9. The van der Waals surface area contributed by atoms with Gasteiger partial charge in [0.2, 0.25) is 0 Å². The molecule has 0 aromatic heterocycles. The van der Waals surface area contributed by atoms with Crippen molar-refractivity contribution in [1.29, 1.82) is 0 Å². The Labute approximate surface area is 130 Å². The van der Waals surface area contributed by atoms with Crippen LogP contribution in [0.3, 0.4) is 0 Å². The van der Waals surface area contributed by atoms with Gasteiger partial charge in [-0.1, -0.05) is 28.4 Å². The number of nitrogens with one attached hydrogen (secondary N) is 1. The van der Waals surface area contributed by atoms with Gasteiger partial charge in [-0.05, 0) is 55.2 Å². The standard InChI is InChI=1S/C17H23BrN2/c18-15-5-4-12(9-19-16-6-7-16)17(8-15)20-10-13-2-1-3-14(13)11-20/h4-5,8,13-14,16,19H,1-3,6-7,9-11H2. The van der Waals surface area contributed by atoms with Gasteiger partial charge in [0.25, 0.3) is 0 Å². The zero-order chi connectivity index (χ0) is 13.5. The van der Waals surface area contributed by atoms with E-state index in [0.717, 1.165) is 24.4 Å². The molecular weight excluding hydrogens is 312 g/mol. The predicted molar refractivity (Wildman–Crippen MR) is 87.0 cm³/mol. The number of rotatable bonds is 4. The molecule has 3 fully saturated rings. The zero-order valence-corrected chi connectivity index (χ0v) is 13.5. The van der Waals surface area contributed by atoms with Crippen LogP contribution in [0.15, 0.2) is 22.7 Å². The molecule has 2 nitrogen and oxygen atoms in total. The highest BCUT2D eigenvalue weighted by atomic mass is 79.9. The lowest BCUT2D eigenvalue weighted by atomic mass is 10.0. The average Bonchev–Trinajstić information content (AvgIpc) is 3.02. The number of nitrogens with zero attached hydrogens (tertiary/aromatic N) is 1. The summed E-state index contributed by atoms with van der Waals surface area (Å²) in [6, 6.07) is 7.59. The first-order valence-electron chi connectivity index (χ1n) is 8.06. The van der Waals surface area contributed by atoms with Crippen LogP contribution in [0.25, 0.3) is 0 Å². The van der Waals surface area contributed by atoms with Crippen molar-refractivity contribution in [2.24, 2.45) is 11.8 Å². The Morgan fingerprint density at radius 3 is 2.55 bits per heavy atom. The number of anilines is 1. The molecule has 3 heteroatoms. The molecule has 1 N–H and O–H groups in total. The van der Waals surface area contributed by atoms with Crippen LogP contribution in [0.2, 0.25) is 0 Å². The summed E-state index contributed by atoms with van der Waals surface area (Å²) in [7, 11) is 0. The monoisotopic (exact) mass is 334 g/mol. The predicted octanol–water partition coefficient (Wildman–Crippen LogP) is 3.94. The first kappa shape index (κ1) is 13.1. The van der Waals surface area contributed by atoms with Crippen LogP contribution in [0.4, 0.5) is 5.69 Å². The number of hydrogen-bond acceptors (Lipinski definition) is 2. The zero-order valence-electron chi connectivity index (χ0n) is 11.9. The highest BCUT2D eigenvalue weighted by Crippen LogP contribution is 2.41. The van der Waals surface area contributed by atoms with Gasteiger partial charge >= 0.3 is 0 Å². The van der Waals surface area contributed by atoms with E-state index in [1.54, 1.807) is 0 Å². The topological polar surface area (TPSA) is 15.3 Å². The molecule has 2 unspecified atom stereocenters.